The van der Waals surface area contributed by atoms with Gasteiger partial charge >= 0.3 is 0 Å². The van der Waals surface area contributed by atoms with Gasteiger partial charge in [-0.15, -0.1) is 0 Å². The first-order valence-electron chi connectivity index (χ1n) is 4.37. The van der Waals surface area contributed by atoms with E-state index >= 15 is 0 Å². The van der Waals surface area contributed by atoms with Crippen molar-refractivity contribution in [2.75, 3.05) is 7.11 Å². The lowest BCUT2D eigenvalue weighted by Gasteiger charge is -2.09. The molecule has 3 nitrogen and oxygen atoms in total. The van der Waals surface area contributed by atoms with Crippen molar-refractivity contribution < 1.29 is 13.9 Å². The van der Waals surface area contributed by atoms with Gasteiger partial charge in [0.15, 0.2) is 0 Å². The van der Waals surface area contributed by atoms with Gasteiger partial charge in [-0.3, -0.25) is 4.79 Å². The molecule has 0 unspecified atom stereocenters. The molecule has 0 atom stereocenters. The summed E-state index contributed by atoms with van der Waals surface area (Å²) in [6, 6.07) is 5.79. The van der Waals surface area contributed by atoms with Crippen molar-refractivity contribution in [1.82, 2.24) is 0 Å². The monoisotopic (exact) mass is 209 g/mol. The van der Waals surface area contributed by atoms with E-state index in [1.165, 1.54) is 32.2 Å². The summed E-state index contributed by atoms with van der Waals surface area (Å²) in [6.45, 7) is 1.53. The zero-order valence-corrected chi connectivity index (χ0v) is 8.58. The Kier molecular flexibility index (Phi) is 3.44. The molecule has 2 N–H and O–H groups in total. The van der Waals surface area contributed by atoms with Crippen LogP contribution < -0.4 is 5.73 Å². The maximum absolute atomic E-state index is 12.9. The second-order valence-electron chi connectivity index (χ2n) is 3.03. The molecule has 0 saturated heterocycles. The van der Waals surface area contributed by atoms with Crippen LogP contribution in [0.5, 0.6) is 0 Å². The summed E-state index contributed by atoms with van der Waals surface area (Å²) in [5.74, 6) is -0.683. The van der Waals surface area contributed by atoms with Crippen LogP contribution in [0.4, 0.5) is 4.39 Å². The van der Waals surface area contributed by atoms with E-state index in [0.29, 0.717) is 11.3 Å². The second kappa shape index (κ2) is 4.59. The Bertz CT molecular complexity index is 413. The van der Waals surface area contributed by atoms with Crippen molar-refractivity contribution >= 4 is 11.7 Å². The minimum Gasteiger partial charge on any atom is -0.496 e. The maximum Gasteiger partial charge on any atom is 0.248 e. The Morgan fingerprint density at radius 3 is 2.60 bits per heavy atom. The number of amides is 1. The van der Waals surface area contributed by atoms with Crippen LogP contribution in [-0.2, 0) is 9.53 Å². The Morgan fingerprint density at radius 2 is 2.13 bits per heavy atom. The van der Waals surface area contributed by atoms with Gasteiger partial charge in [-0.1, -0.05) is 12.1 Å². The Labute approximate surface area is 87.3 Å². The highest BCUT2D eigenvalue weighted by molar-refractivity contribution is 5.98. The predicted molar refractivity (Wildman–Crippen MR) is 55.2 cm³/mol. The molecule has 1 amide bonds. The molecule has 0 radical (unpaired) electrons. The molecule has 0 heterocycles. The molecule has 1 aromatic rings. The molecule has 0 saturated carbocycles. The van der Waals surface area contributed by atoms with E-state index in [1.54, 1.807) is 6.07 Å². The molecule has 0 spiro atoms. The van der Waals surface area contributed by atoms with Gasteiger partial charge in [0.05, 0.1) is 12.7 Å². The first-order valence-corrected chi connectivity index (χ1v) is 4.37. The van der Waals surface area contributed by atoms with Gasteiger partial charge in [-0.2, -0.15) is 0 Å². The number of nitrogens with two attached hydrogens (primary N) is 1. The SMILES string of the molecule is COC(=C(C)C(N)=O)c1cccc(F)c1. The third kappa shape index (κ3) is 2.56. The first-order chi connectivity index (χ1) is 7.06. The van der Waals surface area contributed by atoms with Crippen LogP contribution in [0.25, 0.3) is 5.76 Å². The largest absolute Gasteiger partial charge is 0.496 e. The van der Waals surface area contributed by atoms with Crippen molar-refractivity contribution in [2.24, 2.45) is 5.73 Å². The smallest absolute Gasteiger partial charge is 0.248 e. The molecule has 0 fully saturated rings. The highest BCUT2D eigenvalue weighted by Crippen LogP contribution is 2.19. The lowest BCUT2D eigenvalue weighted by Crippen LogP contribution is -2.14. The van der Waals surface area contributed by atoms with E-state index in [9.17, 15) is 9.18 Å². The number of ether oxygens (including phenoxy) is 1. The highest BCUT2D eigenvalue weighted by atomic mass is 19.1. The summed E-state index contributed by atoms with van der Waals surface area (Å²) in [4.78, 5) is 10.9. The van der Waals surface area contributed by atoms with Gasteiger partial charge in [-0.05, 0) is 19.1 Å². The summed E-state index contributed by atoms with van der Waals surface area (Å²) in [7, 11) is 1.41. The van der Waals surface area contributed by atoms with Crippen LogP contribution in [0.15, 0.2) is 29.8 Å². The fourth-order valence-electron chi connectivity index (χ4n) is 1.23. The quantitative estimate of drug-likeness (QED) is 0.608. The fraction of sp³-hybridized carbons (Fsp3) is 0.182. The Balaban J connectivity index is 3.24. The normalized spacial score (nSPS) is 11.9. The van der Waals surface area contributed by atoms with E-state index in [0.717, 1.165) is 0 Å². The average Bonchev–Trinajstić information content (AvgIpc) is 2.18. The number of carbonyl (C=O) groups is 1. The topological polar surface area (TPSA) is 52.3 Å². The van der Waals surface area contributed by atoms with Gasteiger partial charge in [-0.25, -0.2) is 4.39 Å². The molecule has 0 aliphatic rings. The maximum atomic E-state index is 12.9. The lowest BCUT2D eigenvalue weighted by atomic mass is 10.1. The third-order valence-corrected chi connectivity index (χ3v) is 2.00. The Morgan fingerprint density at radius 1 is 1.47 bits per heavy atom. The zero-order valence-electron chi connectivity index (χ0n) is 8.58. The number of halogens is 1. The van der Waals surface area contributed by atoms with Crippen molar-refractivity contribution in [3.63, 3.8) is 0 Å². The molecule has 0 bridgehead atoms. The predicted octanol–water partition coefficient (Wildman–Crippen LogP) is 1.69. The summed E-state index contributed by atoms with van der Waals surface area (Å²) >= 11 is 0. The van der Waals surface area contributed by atoms with E-state index in [4.69, 9.17) is 10.5 Å². The minimum absolute atomic E-state index is 0.267. The summed E-state index contributed by atoms with van der Waals surface area (Å²) in [6.07, 6.45) is 0. The number of hydrogen-bond donors (Lipinski definition) is 1. The molecule has 4 heteroatoms. The van der Waals surface area contributed by atoms with Crippen molar-refractivity contribution in [3.8, 4) is 0 Å². The summed E-state index contributed by atoms with van der Waals surface area (Å²) < 4.78 is 18.0. The van der Waals surface area contributed by atoms with Crippen LogP contribution in [-0.4, -0.2) is 13.0 Å². The number of carbonyl (C=O) groups excluding carboxylic acids is 1. The fourth-order valence-corrected chi connectivity index (χ4v) is 1.23. The van der Waals surface area contributed by atoms with Crippen molar-refractivity contribution in [3.05, 3.63) is 41.2 Å². The molecular formula is C11H12FNO2. The van der Waals surface area contributed by atoms with Gasteiger partial charge in [0.2, 0.25) is 5.91 Å². The molecular weight excluding hydrogens is 197 g/mol. The highest BCUT2D eigenvalue weighted by Gasteiger charge is 2.10. The van der Waals surface area contributed by atoms with E-state index in [2.05, 4.69) is 0 Å². The number of methoxy groups -OCH3 is 1. The Hall–Kier alpha value is -1.84. The van der Waals surface area contributed by atoms with E-state index < -0.39 is 5.91 Å². The van der Waals surface area contributed by atoms with Gasteiger partial charge in [0, 0.05) is 5.56 Å². The van der Waals surface area contributed by atoms with Gasteiger partial charge < -0.3 is 10.5 Å². The van der Waals surface area contributed by atoms with Crippen molar-refractivity contribution in [2.45, 2.75) is 6.92 Å². The van der Waals surface area contributed by atoms with Crippen molar-refractivity contribution in [1.29, 1.82) is 0 Å². The number of benzene rings is 1. The number of hydrogen-bond acceptors (Lipinski definition) is 2. The number of rotatable bonds is 3. The van der Waals surface area contributed by atoms with E-state index in [-0.39, 0.29) is 11.4 Å². The van der Waals surface area contributed by atoms with Crippen LogP contribution in [0, 0.1) is 5.82 Å². The summed E-state index contributed by atoms with van der Waals surface area (Å²) in [5, 5.41) is 0. The number of primary amides is 1. The van der Waals surface area contributed by atoms with Crippen LogP contribution in [0.3, 0.4) is 0 Å². The molecule has 0 aliphatic heterocycles. The molecule has 0 aliphatic carbocycles. The van der Waals surface area contributed by atoms with Crippen LogP contribution >= 0.6 is 0 Å². The average molecular weight is 209 g/mol. The van der Waals surface area contributed by atoms with Gasteiger partial charge in [0.1, 0.15) is 11.6 Å². The molecule has 1 rings (SSSR count). The standard InChI is InChI=1S/C11H12FNO2/c1-7(11(13)14)10(15-2)8-4-3-5-9(12)6-8/h3-6H,1-2H3,(H2,13,14). The molecule has 1 aromatic carbocycles. The first kappa shape index (κ1) is 11.2. The van der Waals surface area contributed by atoms with E-state index in [1.807, 2.05) is 0 Å². The van der Waals surface area contributed by atoms with Crippen LogP contribution in [0.1, 0.15) is 12.5 Å². The second-order valence-corrected chi connectivity index (χ2v) is 3.03. The molecule has 0 aromatic heterocycles. The third-order valence-electron chi connectivity index (χ3n) is 2.00. The summed E-state index contributed by atoms with van der Waals surface area (Å²) in [5.41, 5.74) is 5.88. The van der Waals surface area contributed by atoms with Gasteiger partial charge in [0.25, 0.3) is 0 Å². The minimum atomic E-state index is -0.587. The molecule has 80 valence electrons. The van der Waals surface area contributed by atoms with Crippen LogP contribution in [0.2, 0.25) is 0 Å². The zero-order chi connectivity index (χ0) is 11.4. The molecule has 15 heavy (non-hydrogen) atoms. The lowest BCUT2D eigenvalue weighted by molar-refractivity contribution is -0.114.